The number of fused-ring (bicyclic) bond motifs is 1. The molecule has 4 rings (SSSR count). The standard InChI is InChI=1S/C22H24N4O2S/c1-15(21(27)26-13-12-16-6-4-5-7-18(16)14-26)29-22-24-23-20(25(22)2)17-8-10-19(28-3)11-9-17/h4-11,15H,12-14H2,1-3H3. The quantitative estimate of drug-likeness (QED) is 0.604. The Labute approximate surface area is 174 Å². The third-order valence-electron chi connectivity index (χ3n) is 5.26. The van der Waals surface area contributed by atoms with Crippen LogP contribution in [0.4, 0.5) is 0 Å². The number of carbonyl (C=O) groups is 1. The smallest absolute Gasteiger partial charge is 0.236 e. The number of hydrogen-bond donors (Lipinski definition) is 0. The van der Waals surface area contributed by atoms with Gasteiger partial charge in [-0.2, -0.15) is 0 Å². The molecular formula is C22H24N4O2S. The Morgan fingerprint density at radius 3 is 2.55 bits per heavy atom. The number of nitrogens with zero attached hydrogens (tertiary/aromatic N) is 4. The summed E-state index contributed by atoms with van der Waals surface area (Å²) >= 11 is 1.45. The van der Waals surface area contributed by atoms with E-state index < -0.39 is 0 Å². The zero-order valence-corrected chi connectivity index (χ0v) is 17.6. The maximum absolute atomic E-state index is 13.0. The molecule has 0 saturated carbocycles. The number of benzene rings is 2. The van der Waals surface area contributed by atoms with Gasteiger partial charge in [-0.1, -0.05) is 36.0 Å². The van der Waals surface area contributed by atoms with E-state index in [-0.39, 0.29) is 11.2 Å². The molecule has 2 aromatic carbocycles. The maximum Gasteiger partial charge on any atom is 0.236 e. The van der Waals surface area contributed by atoms with E-state index in [4.69, 9.17) is 4.74 Å². The van der Waals surface area contributed by atoms with Crippen molar-refractivity contribution in [3.05, 3.63) is 59.7 Å². The van der Waals surface area contributed by atoms with Crippen LogP contribution in [0, 0.1) is 0 Å². The minimum absolute atomic E-state index is 0.138. The van der Waals surface area contributed by atoms with Crippen LogP contribution in [0.2, 0.25) is 0 Å². The first-order valence-electron chi connectivity index (χ1n) is 9.63. The summed E-state index contributed by atoms with van der Waals surface area (Å²) in [6, 6.07) is 16.1. The summed E-state index contributed by atoms with van der Waals surface area (Å²) in [4.78, 5) is 14.9. The summed E-state index contributed by atoms with van der Waals surface area (Å²) in [7, 11) is 3.57. The molecule has 0 radical (unpaired) electrons. The summed E-state index contributed by atoms with van der Waals surface area (Å²) in [6.45, 7) is 3.38. The largest absolute Gasteiger partial charge is 0.497 e. The molecule has 2 heterocycles. The van der Waals surface area contributed by atoms with Gasteiger partial charge in [0.05, 0.1) is 12.4 Å². The second-order valence-corrected chi connectivity index (χ2v) is 8.44. The highest BCUT2D eigenvalue weighted by Crippen LogP contribution is 2.28. The van der Waals surface area contributed by atoms with Gasteiger partial charge >= 0.3 is 0 Å². The third-order valence-corrected chi connectivity index (χ3v) is 6.38. The lowest BCUT2D eigenvalue weighted by molar-refractivity contribution is -0.131. The maximum atomic E-state index is 13.0. The van der Waals surface area contributed by atoms with Gasteiger partial charge in [0, 0.05) is 25.7 Å². The SMILES string of the molecule is COc1ccc(-c2nnc(SC(C)C(=O)N3CCc4ccccc4C3)n2C)cc1. The first kappa shape index (κ1) is 19.5. The number of hydrogen-bond acceptors (Lipinski definition) is 5. The van der Waals surface area contributed by atoms with Crippen molar-refractivity contribution in [1.29, 1.82) is 0 Å². The van der Waals surface area contributed by atoms with E-state index in [2.05, 4.69) is 28.4 Å². The minimum Gasteiger partial charge on any atom is -0.497 e. The Kier molecular flexibility index (Phi) is 5.58. The summed E-state index contributed by atoms with van der Waals surface area (Å²) < 4.78 is 7.14. The average Bonchev–Trinajstić information content (AvgIpc) is 3.12. The van der Waals surface area contributed by atoms with Crippen LogP contribution in [0.25, 0.3) is 11.4 Å². The van der Waals surface area contributed by atoms with Gasteiger partial charge in [-0.3, -0.25) is 4.79 Å². The van der Waals surface area contributed by atoms with E-state index >= 15 is 0 Å². The Bertz CT molecular complexity index is 1020. The van der Waals surface area contributed by atoms with E-state index in [0.717, 1.165) is 35.3 Å². The molecule has 150 valence electrons. The molecule has 7 heteroatoms. The Morgan fingerprint density at radius 1 is 1.10 bits per heavy atom. The lowest BCUT2D eigenvalue weighted by atomic mass is 10.00. The number of thioether (sulfide) groups is 1. The Balaban J connectivity index is 1.45. The highest BCUT2D eigenvalue weighted by Gasteiger charge is 2.26. The summed E-state index contributed by atoms with van der Waals surface area (Å²) in [5.41, 5.74) is 3.54. The average molecular weight is 409 g/mol. The van der Waals surface area contributed by atoms with Crippen LogP contribution in [-0.2, 0) is 24.8 Å². The zero-order valence-electron chi connectivity index (χ0n) is 16.8. The number of methoxy groups -OCH3 is 1. The van der Waals surface area contributed by atoms with Crippen molar-refractivity contribution in [3.63, 3.8) is 0 Å². The molecule has 1 aliphatic heterocycles. The van der Waals surface area contributed by atoms with E-state index in [0.29, 0.717) is 6.54 Å². The monoisotopic (exact) mass is 408 g/mol. The van der Waals surface area contributed by atoms with Crippen LogP contribution >= 0.6 is 11.8 Å². The van der Waals surface area contributed by atoms with Crippen LogP contribution in [0.5, 0.6) is 5.75 Å². The first-order chi connectivity index (χ1) is 14.1. The van der Waals surface area contributed by atoms with Gasteiger partial charge in [0.15, 0.2) is 11.0 Å². The molecule has 0 bridgehead atoms. The molecule has 1 aromatic heterocycles. The van der Waals surface area contributed by atoms with Gasteiger partial charge in [-0.25, -0.2) is 0 Å². The number of carbonyl (C=O) groups excluding carboxylic acids is 1. The van der Waals surface area contributed by atoms with Crippen molar-refractivity contribution in [2.75, 3.05) is 13.7 Å². The number of amides is 1. The minimum atomic E-state index is -0.230. The van der Waals surface area contributed by atoms with Crippen LogP contribution in [-0.4, -0.2) is 44.5 Å². The summed E-state index contributed by atoms with van der Waals surface area (Å²) in [5, 5.41) is 9.14. The fourth-order valence-electron chi connectivity index (χ4n) is 3.56. The lowest BCUT2D eigenvalue weighted by Crippen LogP contribution is -2.40. The molecule has 0 spiro atoms. The molecule has 3 aromatic rings. The lowest BCUT2D eigenvalue weighted by Gasteiger charge is -2.30. The second kappa shape index (κ2) is 8.29. The molecule has 29 heavy (non-hydrogen) atoms. The van der Waals surface area contributed by atoms with Gasteiger partial charge in [-0.15, -0.1) is 10.2 Å². The molecule has 1 atom stereocenters. The number of ether oxygens (including phenoxy) is 1. The molecule has 0 saturated heterocycles. The van der Waals surface area contributed by atoms with E-state index in [1.54, 1.807) is 7.11 Å². The predicted octanol–water partition coefficient (Wildman–Crippen LogP) is 3.56. The van der Waals surface area contributed by atoms with Gasteiger partial charge in [0.2, 0.25) is 5.91 Å². The van der Waals surface area contributed by atoms with Gasteiger partial charge < -0.3 is 14.2 Å². The Hall–Kier alpha value is -2.80. The van der Waals surface area contributed by atoms with E-state index in [9.17, 15) is 4.79 Å². The molecule has 0 aliphatic carbocycles. The normalized spacial score (nSPS) is 14.4. The molecule has 1 aliphatic rings. The highest BCUT2D eigenvalue weighted by molar-refractivity contribution is 8.00. The van der Waals surface area contributed by atoms with Crippen molar-refractivity contribution in [2.24, 2.45) is 7.05 Å². The van der Waals surface area contributed by atoms with Crippen molar-refractivity contribution >= 4 is 17.7 Å². The van der Waals surface area contributed by atoms with Crippen LogP contribution in [0.1, 0.15) is 18.1 Å². The van der Waals surface area contributed by atoms with Gasteiger partial charge in [-0.05, 0) is 48.7 Å². The van der Waals surface area contributed by atoms with Crippen molar-refractivity contribution in [3.8, 4) is 17.1 Å². The fraction of sp³-hybridized carbons (Fsp3) is 0.318. The molecule has 0 fully saturated rings. The Morgan fingerprint density at radius 2 is 1.83 bits per heavy atom. The van der Waals surface area contributed by atoms with Crippen molar-refractivity contribution in [1.82, 2.24) is 19.7 Å². The summed E-state index contributed by atoms with van der Waals surface area (Å²) in [5.74, 6) is 1.70. The van der Waals surface area contributed by atoms with E-state index in [1.165, 1.54) is 22.9 Å². The molecule has 1 amide bonds. The van der Waals surface area contributed by atoms with E-state index in [1.807, 2.05) is 53.8 Å². The van der Waals surface area contributed by atoms with Gasteiger partial charge in [0.25, 0.3) is 0 Å². The second-order valence-electron chi connectivity index (χ2n) is 7.13. The number of aromatic nitrogens is 3. The van der Waals surface area contributed by atoms with Crippen LogP contribution < -0.4 is 4.74 Å². The van der Waals surface area contributed by atoms with Crippen molar-refractivity contribution < 1.29 is 9.53 Å². The van der Waals surface area contributed by atoms with Crippen LogP contribution in [0.15, 0.2) is 53.7 Å². The van der Waals surface area contributed by atoms with Crippen LogP contribution in [0.3, 0.4) is 0 Å². The first-order valence-corrected chi connectivity index (χ1v) is 10.5. The molecular weight excluding hydrogens is 384 g/mol. The topological polar surface area (TPSA) is 60.3 Å². The zero-order chi connectivity index (χ0) is 20.4. The van der Waals surface area contributed by atoms with Crippen molar-refractivity contribution in [2.45, 2.75) is 30.3 Å². The summed E-state index contributed by atoms with van der Waals surface area (Å²) in [6.07, 6.45) is 0.908. The highest BCUT2D eigenvalue weighted by atomic mass is 32.2. The predicted molar refractivity (Wildman–Crippen MR) is 114 cm³/mol. The number of rotatable bonds is 5. The molecule has 0 N–H and O–H groups in total. The fourth-order valence-corrected chi connectivity index (χ4v) is 4.46. The molecule has 1 unspecified atom stereocenters. The molecule has 6 nitrogen and oxygen atoms in total. The third kappa shape index (κ3) is 4.00. The van der Waals surface area contributed by atoms with Gasteiger partial charge in [0.1, 0.15) is 5.75 Å².